The van der Waals surface area contributed by atoms with Crippen molar-refractivity contribution in [3.8, 4) is 0 Å². The Balaban J connectivity index is 2.00. The summed E-state index contributed by atoms with van der Waals surface area (Å²) in [5, 5.41) is 2.05. The maximum Gasteiger partial charge on any atom is 0.192 e. The molecule has 110 valence electrons. The van der Waals surface area contributed by atoms with Gasteiger partial charge in [0.05, 0.1) is 18.6 Å². The van der Waals surface area contributed by atoms with Crippen LogP contribution in [0.25, 0.3) is 0 Å². The molecule has 2 heterocycles. The molecule has 0 aliphatic carbocycles. The van der Waals surface area contributed by atoms with E-state index in [1.807, 2.05) is 12.1 Å². The molecule has 3 rings (SSSR count). The molecule has 5 heteroatoms. The van der Waals surface area contributed by atoms with Gasteiger partial charge in [-0.15, -0.1) is 11.3 Å². The molecule has 0 radical (unpaired) electrons. The SMILES string of the molecule is CCC1(c2cccc(F)c2)CN=C(N)N1Cc1cccs1. The predicted molar refractivity (Wildman–Crippen MR) is 84.7 cm³/mol. The molecule has 1 aliphatic rings. The lowest BCUT2D eigenvalue weighted by Crippen LogP contribution is -2.48. The first-order valence-corrected chi connectivity index (χ1v) is 7.89. The summed E-state index contributed by atoms with van der Waals surface area (Å²) in [5.74, 6) is 0.316. The lowest BCUT2D eigenvalue weighted by atomic mass is 9.86. The summed E-state index contributed by atoms with van der Waals surface area (Å²) < 4.78 is 13.6. The van der Waals surface area contributed by atoms with Gasteiger partial charge in [0.2, 0.25) is 0 Å². The minimum atomic E-state index is -0.351. The van der Waals surface area contributed by atoms with Crippen molar-refractivity contribution in [2.24, 2.45) is 10.7 Å². The Morgan fingerprint density at radius 1 is 1.38 bits per heavy atom. The molecule has 0 saturated carbocycles. The number of hydrogen-bond donors (Lipinski definition) is 1. The molecule has 0 bridgehead atoms. The van der Waals surface area contributed by atoms with Gasteiger partial charge in [-0.2, -0.15) is 0 Å². The summed E-state index contributed by atoms with van der Waals surface area (Å²) >= 11 is 1.70. The van der Waals surface area contributed by atoms with Gasteiger partial charge in [0.15, 0.2) is 5.96 Å². The second-order valence-corrected chi connectivity index (χ2v) is 6.27. The van der Waals surface area contributed by atoms with E-state index in [1.165, 1.54) is 10.9 Å². The van der Waals surface area contributed by atoms with Crippen LogP contribution in [-0.4, -0.2) is 17.4 Å². The minimum Gasteiger partial charge on any atom is -0.370 e. The van der Waals surface area contributed by atoms with E-state index in [1.54, 1.807) is 23.5 Å². The van der Waals surface area contributed by atoms with E-state index in [0.717, 1.165) is 12.0 Å². The topological polar surface area (TPSA) is 41.6 Å². The third kappa shape index (κ3) is 2.42. The van der Waals surface area contributed by atoms with Crippen molar-refractivity contribution >= 4 is 17.3 Å². The summed E-state index contributed by atoms with van der Waals surface area (Å²) in [6.45, 7) is 3.38. The van der Waals surface area contributed by atoms with E-state index >= 15 is 0 Å². The highest BCUT2D eigenvalue weighted by Crippen LogP contribution is 2.37. The van der Waals surface area contributed by atoms with Gasteiger partial charge in [-0.05, 0) is 35.6 Å². The molecule has 0 fully saturated rings. The number of thiophene rings is 1. The predicted octanol–water partition coefficient (Wildman–Crippen LogP) is 3.32. The Hall–Kier alpha value is -1.88. The van der Waals surface area contributed by atoms with E-state index < -0.39 is 0 Å². The molecule has 1 aliphatic heterocycles. The van der Waals surface area contributed by atoms with Crippen LogP contribution >= 0.6 is 11.3 Å². The summed E-state index contributed by atoms with van der Waals surface area (Å²) in [5.41, 5.74) is 6.69. The molecule has 21 heavy (non-hydrogen) atoms. The van der Waals surface area contributed by atoms with Crippen molar-refractivity contribution < 1.29 is 4.39 Å². The largest absolute Gasteiger partial charge is 0.370 e. The highest BCUT2D eigenvalue weighted by Gasteiger charge is 2.42. The maximum atomic E-state index is 13.6. The van der Waals surface area contributed by atoms with Crippen LogP contribution in [0.1, 0.15) is 23.8 Å². The molecule has 0 spiro atoms. The van der Waals surface area contributed by atoms with Crippen molar-refractivity contribution in [1.82, 2.24) is 4.90 Å². The first kappa shape index (κ1) is 14.1. The fraction of sp³-hybridized carbons (Fsp3) is 0.312. The third-order valence-electron chi connectivity index (χ3n) is 4.14. The molecule has 0 saturated heterocycles. The Morgan fingerprint density at radius 2 is 2.24 bits per heavy atom. The molecular weight excluding hydrogens is 285 g/mol. The molecule has 1 atom stereocenters. The van der Waals surface area contributed by atoms with Crippen LogP contribution in [0.15, 0.2) is 46.8 Å². The van der Waals surface area contributed by atoms with Crippen LogP contribution < -0.4 is 5.73 Å². The number of nitrogens with zero attached hydrogens (tertiary/aromatic N) is 2. The van der Waals surface area contributed by atoms with Gasteiger partial charge < -0.3 is 10.6 Å². The van der Waals surface area contributed by atoms with Gasteiger partial charge in [0.1, 0.15) is 5.82 Å². The summed E-state index contributed by atoms with van der Waals surface area (Å²) in [6, 6.07) is 10.9. The van der Waals surface area contributed by atoms with Crippen LogP contribution in [0.4, 0.5) is 4.39 Å². The lowest BCUT2D eigenvalue weighted by molar-refractivity contribution is 0.187. The van der Waals surface area contributed by atoms with E-state index in [2.05, 4.69) is 28.3 Å². The number of aliphatic imine (C=N–C) groups is 1. The Bertz CT molecular complexity index is 653. The van der Waals surface area contributed by atoms with Crippen molar-refractivity contribution in [3.63, 3.8) is 0 Å². The Kier molecular flexibility index (Phi) is 3.68. The third-order valence-corrected chi connectivity index (χ3v) is 5.00. The van der Waals surface area contributed by atoms with Crippen LogP contribution in [0.5, 0.6) is 0 Å². The molecule has 1 aromatic heterocycles. The molecule has 2 N–H and O–H groups in total. The molecule has 1 unspecified atom stereocenters. The number of guanidine groups is 1. The average Bonchev–Trinajstić information content (AvgIpc) is 3.10. The standard InChI is InChI=1S/C16H18FN3S/c1-2-16(12-5-3-6-13(17)9-12)11-19-15(18)20(16)10-14-7-4-8-21-14/h3-9H,2,10-11H2,1H3,(H2,18,19). The molecular formula is C16H18FN3S. The monoisotopic (exact) mass is 303 g/mol. The van der Waals surface area contributed by atoms with Crippen LogP contribution in [0.3, 0.4) is 0 Å². The second-order valence-electron chi connectivity index (χ2n) is 5.24. The number of hydrogen-bond acceptors (Lipinski definition) is 4. The highest BCUT2D eigenvalue weighted by atomic mass is 32.1. The van der Waals surface area contributed by atoms with Gasteiger partial charge in [-0.1, -0.05) is 25.1 Å². The van der Waals surface area contributed by atoms with E-state index in [-0.39, 0.29) is 11.4 Å². The fourth-order valence-corrected chi connectivity index (χ4v) is 3.62. The zero-order valence-electron chi connectivity index (χ0n) is 11.9. The van der Waals surface area contributed by atoms with Crippen molar-refractivity contribution in [2.75, 3.05) is 6.54 Å². The van der Waals surface area contributed by atoms with Crippen molar-refractivity contribution in [1.29, 1.82) is 0 Å². The molecule has 3 nitrogen and oxygen atoms in total. The average molecular weight is 303 g/mol. The van der Waals surface area contributed by atoms with Gasteiger partial charge in [0.25, 0.3) is 0 Å². The van der Waals surface area contributed by atoms with Crippen LogP contribution in [-0.2, 0) is 12.1 Å². The Morgan fingerprint density at radius 3 is 2.90 bits per heavy atom. The number of rotatable bonds is 4. The van der Waals surface area contributed by atoms with Gasteiger partial charge in [-0.3, -0.25) is 4.99 Å². The number of nitrogens with two attached hydrogens (primary N) is 1. The highest BCUT2D eigenvalue weighted by molar-refractivity contribution is 7.09. The normalized spacial score (nSPS) is 21.6. The first-order valence-electron chi connectivity index (χ1n) is 7.02. The van der Waals surface area contributed by atoms with Gasteiger partial charge in [-0.25, -0.2) is 4.39 Å². The molecule has 1 aromatic carbocycles. The van der Waals surface area contributed by atoms with E-state index in [9.17, 15) is 4.39 Å². The second kappa shape index (κ2) is 5.48. The van der Waals surface area contributed by atoms with Gasteiger partial charge >= 0.3 is 0 Å². The summed E-state index contributed by atoms with van der Waals surface area (Å²) in [7, 11) is 0. The minimum absolute atomic E-state index is 0.220. The zero-order valence-corrected chi connectivity index (χ0v) is 12.7. The Labute approximate surface area is 127 Å². The van der Waals surface area contributed by atoms with Crippen molar-refractivity contribution in [3.05, 3.63) is 58.0 Å². The first-order chi connectivity index (χ1) is 10.2. The number of halogens is 1. The molecule has 2 aromatic rings. The summed E-state index contributed by atoms with van der Waals surface area (Å²) in [4.78, 5) is 7.76. The number of benzene rings is 1. The van der Waals surface area contributed by atoms with E-state index in [0.29, 0.717) is 19.0 Å². The smallest absolute Gasteiger partial charge is 0.192 e. The maximum absolute atomic E-state index is 13.6. The molecule has 0 amide bonds. The van der Waals surface area contributed by atoms with Crippen molar-refractivity contribution in [2.45, 2.75) is 25.4 Å². The van der Waals surface area contributed by atoms with E-state index in [4.69, 9.17) is 5.73 Å². The fourth-order valence-electron chi connectivity index (χ4n) is 2.92. The van der Waals surface area contributed by atoms with Gasteiger partial charge in [0, 0.05) is 4.88 Å². The quantitative estimate of drug-likeness (QED) is 0.941. The lowest BCUT2D eigenvalue weighted by Gasteiger charge is -2.39. The summed E-state index contributed by atoms with van der Waals surface area (Å²) in [6.07, 6.45) is 0.825. The van der Waals surface area contributed by atoms with Crippen LogP contribution in [0.2, 0.25) is 0 Å². The zero-order chi connectivity index (χ0) is 14.9. The van der Waals surface area contributed by atoms with Crippen LogP contribution in [0, 0.1) is 5.82 Å².